The summed E-state index contributed by atoms with van der Waals surface area (Å²) in [6.45, 7) is 9.88. The van der Waals surface area contributed by atoms with Gasteiger partial charge >= 0.3 is 11.9 Å². The highest BCUT2D eigenvalue weighted by Crippen LogP contribution is 2.49. The number of hydrogen-bond donors (Lipinski definition) is 2. The Morgan fingerprint density at radius 3 is 1.89 bits per heavy atom. The first-order valence-corrected chi connectivity index (χ1v) is 9.79. The second-order valence-corrected chi connectivity index (χ2v) is 9.05. The molecule has 0 aliphatic heterocycles. The lowest BCUT2D eigenvalue weighted by molar-refractivity contribution is -0.184. The molecule has 0 aliphatic rings. The Balaban J connectivity index is 3.60. The molecule has 0 radical (unpaired) electrons. The van der Waals surface area contributed by atoms with E-state index in [1.54, 1.807) is 41.5 Å². The predicted molar refractivity (Wildman–Crippen MR) is 108 cm³/mol. The first-order chi connectivity index (χ1) is 12.7. The fraction of sp³-hybridized carbons (Fsp3) is 0.550. The molecule has 156 valence electrons. The first kappa shape index (κ1) is 23.9. The molecule has 1 rings (SSSR count). The molecule has 0 fully saturated rings. The molecule has 28 heavy (non-hydrogen) atoms. The zero-order valence-corrected chi connectivity index (χ0v) is 18.5. The minimum absolute atomic E-state index is 0.00618. The summed E-state index contributed by atoms with van der Waals surface area (Å²) in [6, 6.07) is 4.28. The van der Waals surface area contributed by atoms with Gasteiger partial charge in [0.15, 0.2) is 23.9 Å². The van der Waals surface area contributed by atoms with Gasteiger partial charge in [0.25, 0.3) is 0 Å². The third-order valence-corrected chi connectivity index (χ3v) is 4.92. The van der Waals surface area contributed by atoms with Gasteiger partial charge in [0.1, 0.15) is 0 Å². The molecule has 0 bridgehead atoms. The highest BCUT2D eigenvalue weighted by molar-refractivity contribution is 9.09. The molecule has 0 spiro atoms. The number of carboxylic acid groups (broad SMARTS) is 2. The topological polar surface area (TPSA) is 110 Å². The van der Waals surface area contributed by atoms with Crippen LogP contribution in [0.5, 0.6) is 11.5 Å². The molecule has 0 aliphatic carbocycles. The third-order valence-electron chi connectivity index (χ3n) is 4.41. The molecule has 0 saturated heterocycles. The number of Topliss-reactive ketones (excluding diaryl/α,β-unsaturated/α-hetero) is 1. The molecule has 0 amide bonds. The van der Waals surface area contributed by atoms with Crippen LogP contribution in [-0.4, -0.2) is 45.5 Å². The van der Waals surface area contributed by atoms with E-state index < -0.39 is 35.0 Å². The van der Waals surface area contributed by atoms with Crippen molar-refractivity contribution in [1.29, 1.82) is 0 Å². The van der Waals surface area contributed by atoms with Gasteiger partial charge in [-0.2, -0.15) is 0 Å². The molecule has 2 N–H and O–H groups in total. The van der Waals surface area contributed by atoms with E-state index in [2.05, 4.69) is 15.9 Å². The first-order valence-electron chi connectivity index (χ1n) is 8.67. The van der Waals surface area contributed by atoms with Crippen LogP contribution in [0, 0.1) is 10.8 Å². The van der Waals surface area contributed by atoms with Crippen molar-refractivity contribution in [1.82, 2.24) is 0 Å². The fourth-order valence-corrected chi connectivity index (χ4v) is 3.70. The van der Waals surface area contributed by atoms with E-state index in [0.717, 1.165) is 0 Å². The number of carboxylic acids is 2. The zero-order chi connectivity index (χ0) is 21.9. The minimum Gasteiger partial charge on any atom is -0.479 e. The third kappa shape index (κ3) is 4.84. The Bertz CT molecular complexity index is 743. The maximum Gasteiger partial charge on any atom is 0.349 e. The summed E-state index contributed by atoms with van der Waals surface area (Å²) < 4.78 is 11.4. The number of hydrogen-bond acceptors (Lipinski definition) is 5. The average Bonchev–Trinajstić information content (AvgIpc) is 2.54. The lowest BCUT2D eigenvalue weighted by Gasteiger charge is -2.49. The highest BCUT2D eigenvalue weighted by atomic mass is 79.9. The summed E-state index contributed by atoms with van der Waals surface area (Å²) in [6.07, 6.45) is 0. The van der Waals surface area contributed by atoms with E-state index >= 15 is 0 Å². The molecule has 0 unspecified atom stereocenters. The number of alkyl halides is 1. The second-order valence-electron chi connectivity index (χ2n) is 8.49. The molecule has 7 nitrogen and oxygen atoms in total. The Morgan fingerprint density at radius 1 is 0.964 bits per heavy atom. The van der Waals surface area contributed by atoms with E-state index in [4.69, 9.17) is 14.6 Å². The number of ketones is 1. The number of carbonyl (C=O) groups is 3. The summed E-state index contributed by atoms with van der Waals surface area (Å²) in [5.41, 5.74) is -3.03. The van der Waals surface area contributed by atoms with Gasteiger partial charge in [0.05, 0.1) is 5.33 Å². The summed E-state index contributed by atoms with van der Waals surface area (Å²) in [5.74, 6) is -2.55. The van der Waals surface area contributed by atoms with Crippen molar-refractivity contribution in [3.63, 3.8) is 0 Å². The monoisotopic (exact) mass is 458 g/mol. The predicted octanol–water partition coefficient (Wildman–Crippen LogP) is 4.02. The van der Waals surface area contributed by atoms with Crippen molar-refractivity contribution < 1.29 is 34.1 Å². The Hall–Kier alpha value is -2.09. The number of halogens is 1. The number of carbonyl (C=O) groups excluding carboxylic acids is 1. The number of benzene rings is 1. The molecule has 0 aromatic heterocycles. The smallest absolute Gasteiger partial charge is 0.349 e. The van der Waals surface area contributed by atoms with E-state index in [-0.39, 0.29) is 28.2 Å². The van der Waals surface area contributed by atoms with Crippen LogP contribution in [0.1, 0.15) is 51.9 Å². The largest absolute Gasteiger partial charge is 0.479 e. The molecule has 0 atom stereocenters. The molecule has 0 heterocycles. The Kier molecular flexibility index (Phi) is 7.28. The van der Waals surface area contributed by atoms with Crippen LogP contribution in [0.3, 0.4) is 0 Å². The Labute approximate surface area is 173 Å². The fourth-order valence-electron chi connectivity index (χ4n) is 3.38. The van der Waals surface area contributed by atoms with E-state index in [1.165, 1.54) is 18.2 Å². The lowest BCUT2D eigenvalue weighted by Crippen LogP contribution is -2.63. The summed E-state index contributed by atoms with van der Waals surface area (Å²) in [5, 5.41) is 19.1. The second kappa shape index (κ2) is 8.51. The van der Waals surface area contributed by atoms with Crippen LogP contribution in [0.4, 0.5) is 0 Å². The maximum atomic E-state index is 12.4. The van der Waals surface area contributed by atoms with Crippen molar-refractivity contribution in [3.05, 3.63) is 23.8 Å². The maximum absolute atomic E-state index is 12.4. The van der Waals surface area contributed by atoms with Gasteiger partial charge in [-0.1, -0.05) is 57.5 Å². The van der Waals surface area contributed by atoms with Gasteiger partial charge in [-0.15, -0.1) is 0 Å². The number of rotatable bonds is 8. The van der Waals surface area contributed by atoms with Gasteiger partial charge < -0.3 is 19.7 Å². The average molecular weight is 459 g/mol. The molecule has 8 heteroatoms. The summed E-state index contributed by atoms with van der Waals surface area (Å²) >= 11 is 3.08. The van der Waals surface area contributed by atoms with Gasteiger partial charge in [-0.25, -0.2) is 9.59 Å². The van der Waals surface area contributed by atoms with Crippen molar-refractivity contribution in [2.24, 2.45) is 10.8 Å². The van der Waals surface area contributed by atoms with E-state index in [0.29, 0.717) is 0 Å². The quantitative estimate of drug-likeness (QED) is 0.446. The van der Waals surface area contributed by atoms with Gasteiger partial charge in [0, 0.05) is 16.4 Å². The van der Waals surface area contributed by atoms with Crippen molar-refractivity contribution in [2.45, 2.75) is 47.1 Å². The van der Waals surface area contributed by atoms with Gasteiger partial charge in [-0.05, 0) is 18.2 Å². The van der Waals surface area contributed by atoms with Crippen molar-refractivity contribution in [2.75, 3.05) is 11.9 Å². The summed E-state index contributed by atoms with van der Waals surface area (Å²) in [7, 11) is 0. The molecule has 0 saturated carbocycles. The van der Waals surface area contributed by atoms with Crippen LogP contribution in [-0.2, 0) is 9.59 Å². The van der Waals surface area contributed by atoms with E-state index in [1.807, 2.05) is 0 Å². The molecular weight excluding hydrogens is 432 g/mol. The lowest BCUT2D eigenvalue weighted by atomic mass is 9.62. The molecule has 1 aromatic carbocycles. The van der Waals surface area contributed by atoms with Crippen LogP contribution in [0.15, 0.2) is 18.2 Å². The van der Waals surface area contributed by atoms with Crippen LogP contribution in [0.25, 0.3) is 0 Å². The normalized spacial score (nSPS) is 12.4. The van der Waals surface area contributed by atoms with E-state index in [9.17, 15) is 19.5 Å². The van der Waals surface area contributed by atoms with Crippen LogP contribution in [0.2, 0.25) is 0 Å². The molecule has 1 aromatic rings. The standard InChI is InChI=1S/C20H27BrO7/c1-18(2,3)20(17(25)26,19(4,5)6)28-14-8-7-12(13(22)10-21)9-15(14)27-11-16(23)24/h7-9H,10-11H2,1-6H3,(H,23,24)(H,25,26). The van der Waals surface area contributed by atoms with Crippen LogP contribution < -0.4 is 9.47 Å². The summed E-state index contributed by atoms with van der Waals surface area (Å²) in [4.78, 5) is 35.3. The van der Waals surface area contributed by atoms with Crippen molar-refractivity contribution in [3.8, 4) is 11.5 Å². The van der Waals surface area contributed by atoms with Gasteiger partial charge in [0.2, 0.25) is 5.60 Å². The zero-order valence-electron chi connectivity index (χ0n) is 17.0. The van der Waals surface area contributed by atoms with Crippen LogP contribution >= 0.6 is 15.9 Å². The minimum atomic E-state index is -1.66. The number of ether oxygens (including phenoxy) is 2. The SMILES string of the molecule is CC(C)(C)C(Oc1ccc(C(=O)CBr)cc1OCC(=O)O)(C(=O)O)C(C)(C)C. The highest BCUT2D eigenvalue weighted by Gasteiger charge is 2.59. The Morgan fingerprint density at radius 2 is 1.50 bits per heavy atom. The van der Waals surface area contributed by atoms with Gasteiger partial charge in [-0.3, -0.25) is 4.79 Å². The molecular formula is C20H27BrO7. The number of aliphatic carboxylic acids is 2. The van der Waals surface area contributed by atoms with Crippen molar-refractivity contribution >= 4 is 33.7 Å².